The van der Waals surface area contributed by atoms with Crippen molar-refractivity contribution in [3.05, 3.63) is 5.89 Å². The minimum atomic E-state index is -0.271. The van der Waals surface area contributed by atoms with Crippen molar-refractivity contribution in [2.75, 3.05) is 37.7 Å². The molecule has 1 fully saturated rings. The average Bonchev–Trinajstić information content (AvgIpc) is 2.80. The molecule has 0 aliphatic carbocycles. The summed E-state index contributed by atoms with van der Waals surface area (Å²) in [6.07, 6.45) is 0.644. The first-order valence-electron chi connectivity index (χ1n) is 5.43. The van der Waals surface area contributed by atoms with Crippen LogP contribution in [0.15, 0.2) is 4.52 Å². The van der Waals surface area contributed by atoms with E-state index in [9.17, 15) is 0 Å². The number of rotatable bonds is 4. The summed E-state index contributed by atoms with van der Waals surface area (Å²) in [7, 11) is 0. The van der Waals surface area contributed by atoms with Gasteiger partial charge in [-0.1, -0.05) is 0 Å². The summed E-state index contributed by atoms with van der Waals surface area (Å²) in [5.74, 6) is 1.04. The molecule has 1 aromatic rings. The Morgan fingerprint density at radius 1 is 1.38 bits per heavy atom. The van der Waals surface area contributed by atoms with E-state index < -0.39 is 0 Å². The zero-order valence-electron chi connectivity index (χ0n) is 9.13. The molecule has 7 nitrogen and oxygen atoms in total. The molecule has 0 saturated carbocycles. The van der Waals surface area contributed by atoms with Gasteiger partial charge in [-0.15, -0.1) is 0 Å². The van der Waals surface area contributed by atoms with E-state index in [-0.39, 0.29) is 6.04 Å². The van der Waals surface area contributed by atoms with Crippen LogP contribution in [-0.4, -0.2) is 43.0 Å². The highest BCUT2D eigenvalue weighted by molar-refractivity contribution is 5.28. The van der Waals surface area contributed by atoms with E-state index in [0.717, 1.165) is 13.1 Å². The molecular weight excluding hydrogens is 210 g/mol. The molecule has 1 saturated heterocycles. The third-order valence-corrected chi connectivity index (χ3v) is 2.52. The van der Waals surface area contributed by atoms with Crippen LogP contribution in [0.25, 0.3) is 0 Å². The molecule has 4 N–H and O–H groups in total. The van der Waals surface area contributed by atoms with Gasteiger partial charge >= 0.3 is 0 Å². The van der Waals surface area contributed by atoms with Gasteiger partial charge in [0.15, 0.2) is 0 Å². The maximum Gasteiger partial charge on any atom is 0.266 e. The Hall–Kier alpha value is -1.18. The first-order valence-corrected chi connectivity index (χ1v) is 5.43. The minimum Gasteiger partial charge on any atom is -0.378 e. The van der Waals surface area contributed by atoms with Crippen LogP contribution >= 0.6 is 0 Å². The number of aromatic nitrogens is 2. The van der Waals surface area contributed by atoms with Gasteiger partial charge in [0.05, 0.1) is 19.3 Å². The van der Waals surface area contributed by atoms with Gasteiger partial charge in [0.25, 0.3) is 5.95 Å². The molecule has 0 spiro atoms. The molecule has 1 aromatic heterocycles. The quantitative estimate of drug-likeness (QED) is 0.697. The van der Waals surface area contributed by atoms with E-state index >= 15 is 0 Å². The fourth-order valence-electron chi connectivity index (χ4n) is 1.57. The van der Waals surface area contributed by atoms with Crippen LogP contribution in [0.2, 0.25) is 0 Å². The summed E-state index contributed by atoms with van der Waals surface area (Å²) in [5.41, 5.74) is 11.2. The number of anilines is 1. The zero-order valence-corrected chi connectivity index (χ0v) is 9.13. The summed E-state index contributed by atoms with van der Waals surface area (Å²) in [6.45, 7) is 3.46. The van der Waals surface area contributed by atoms with Crippen molar-refractivity contribution >= 4 is 5.95 Å². The SMILES string of the molecule is NCC[C@H](N)c1nc(N2CCOCC2)no1. The van der Waals surface area contributed by atoms with Gasteiger partial charge < -0.3 is 25.6 Å². The molecule has 1 aliphatic heterocycles. The lowest BCUT2D eigenvalue weighted by Crippen LogP contribution is -2.36. The molecule has 7 heteroatoms. The number of nitrogens with zero attached hydrogens (tertiary/aromatic N) is 3. The van der Waals surface area contributed by atoms with E-state index in [2.05, 4.69) is 10.1 Å². The molecule has 0 amide bonds. The van der Waals surface area contributed by atoms with Gasteiger partial charge in [0.2, 0.25) is 5.89 Å². The summed E-state index contributed by atoms with van der Waals surface area (Å²) >= 11 is 0. The van der Waals surface area contributed by atoms with E-state index in [1.165, 1.54) is 0 Å². The van der Waals surface area contributed by atoms with Crippen LogP contribution in [0.4, 0.5) is 5.95 Å². The van der Waals surface area contributed by atoms with Gasteiger partial charge in [0.1, 0.15) is 0 Å². The van der Waals surface area contributed by atoms with Gasteiger partial charge in [-0.3, -0.25) is 0 Å². The van der Waals surface area contributed by atoms with Crippen LogP contribution in [-0.2, 0) is 4.74 Å². The van der Waals surface area contributed by atoms with Crippen LogP contribution in [0.1, 0.15) is 18.4 Å². The second-order valence-corrected chi connectivity index (χ2v) is 3.72. The molecule has 90 valence electrons. The van der Waals surface area contributed by atoms with E-state index in [4.69, 9.17) is 20.7 Å². The standard InChI is InChI=1S/C9H17N5O2/c10-2-1-7(11)8-12-9(13-16-8)14-3-5-15-6-4-14/h7H,1-6,10-11H2/t7-/m0/s1. The Balaban J connectivity index is 2.00. The van der Waals surface area contributed by atoms with Crippen LogP contribution in [0.5, 0.6) is 0 Å². The summed E-state index contributed by atoms with van der Waals surface area (Å²) in [5, 5.41) is 3.91. The van der Waals surface area contributed by atoms with Gasteiger partial charge in [-0.2, -0.15) is 4.98 Å². The Kier molecular flexibility index (Phi) is 3.70. The monoisotopic (exact) mass is 227 g/mol. The zero-order chi connectivity index (χ0) is 11.4. The van der Waals surface area contributed by atoms with E-state index in [1.807, 2.05) is 4.90 Å². The second kappa shape index (κ2) is 5.24. The predicted molar refractivity (Wildman–Crippen MR) is 57.9 cm³/mol. The highest BCUT2D eigenvalue weighted by Gasteiger charge is 2.19. The van der Waals surface area contributed by atoms with Crippen molar-refractivity contribution in [2.24, 2.45) is 11.5 Å². The lowest BCUT2D eigenvalue weighted by molar-refractivity contribution is 0.121. The van der Waals surface area contributed by atoms with E-state index in [1.54, 1.807) is 0 Å². The summed E-state index contributed by atoms with van der Waals surface area (Å²) in [4.78, 5) is 6.28. The first kappa shape index (κ1) is 11.3. The second-order valence-electron chi connectivity index (χ2n) is 3.72. The highest BCUT2D eigenvalue weighted by atomic mass is 16.5. The lowest BCUT2D eigenvalue weighted by atomic mass is 10.2. The predicted octanol–water partition coefficient (Wildman–Crippen LogP) is -0.745. The Morgan fingerprint density at radius 3 is 2.81 bits per heavy atom. The van der Waals surface area contributed by atoms with Crippen molar-refractivity contribution in [2.45, 2.75) is 12.5 Å². The lowest BCUT2D eigenvalue weighted by Gasteiger charge is -2.24. The maximum atomic E-state index is 5.83. The van der Waals surface area contributed by atoms with E-state index in [0.29, 0.717) is 38.0 Å². The van der Waals surface area contributed by atoms with Crippen molar-refractivity contribution in [3.8, 4) is 0 Å². The number of hydrogen-bond acceptors (Lipinski definition) is 7. The number of morpholine rings is 1. The molecule has 0 bridgehead atoms. The van der Waals surface area contributed by atoms with Crippen LogP contribution in [0, 0.1) is 0 Å². The van der Waals surface area contributed by atoms with Gasteiger partial charge in [0, 0.05) is 13.1 Å². The minimum absolute atomic E-state index is 0.271. The van der Waals surface area contributed by atoms with Crippen LogP contribution < -0.4 is 16.4 Å². The fourth-order valence-corrected chi connectivity index (χ4v) is 1.57. The Bertz CT molecular complexity index is 323. The summed E-state index contributed by atoms with van der Waals surface area (Å²) < 4.78 is 10.4. The molecular formula is C9H17N5O2. The molecule has 0 radical (unpaired) electrons. The molecule has 0 aromatic carbocycles. The molecule has 1 atom stereocenters. The molecule has 16 heavy (non-hydrogen) atoms. The topological polar surface area (TPSA) is 103 Å². The van der Waals surface area contributed by atoms with Gasteiger partial charge in [-0.25, -0.2) is 0 Å². The first-order chi connectivity index (χ1) is 7.81. The Labute approximate surface area is 93.7 Å². The van der Waals surface area contributed by atoms with Crippen LogP contribution in [0.3, 0.4) is 0 Å². The molecule has 1 aliphatic rings. The molecule has 2 rings (SSSR count). The number of nitrogens with two attached hydrogens (primary N) is 2. The smallest absolute Gasteiger partial charge is 0.266 e. The fraction of sp³-hybridized carbons (Fsp3) is 0.778. The molecule has 2 heterocycles. The highest BCUT2D eigenvalue weighted by Crippen LogP contribution is 2.16. The van der Waals surface area contributed by atoms with Crippen molar-refractivity contribution in [1.82, 2.24) is 10.1 Å². The largest absolute Gasteiger partial charge is 0.378 e. The summed E-state index contributed by atoms with van der Waals surface area (Å²) in [6, 6.07) is -0.271. The van der Waals surface area contributed by atoms with Crippen molar-refractivity contribution < 1.29 is 9.26 Å². The van der Waals surface area contributed by atoms with Gasteiger partial charge in [-0.05, 0) is 18.1 Å². The third kappa shape index (κ3) is 2.49. The number of ether oxygens (including phenoxy) is 1. The van der Waals surface area contributed by atoms with Crippen molar-refractivity contribution in [3.63, 3.8) is 0 Å². The average molecular weight is 227 g/mol. The third-order valence-electron chi connectivity index (χ3n) is 2.52. The normalized spacial score (nSPS) is 18.8. The maximum absolute atomic E-state index is 5.83. The number of hydrogen-bond donors (Lipinski definition) is 2. The molecule has 0 unspecified atom stereocenters. The Morgan fingerprint density at radius 2 is 2.12 bits per heavy atom. The van der Waals surface area contributed by atoms with Crippen molar-refractivity contribution in [1.29, 1.82) is 0 Å².